The molecule has 1 aliphatic rings. The lowest BCUT2D eigenvalue weighted by Gasteiger charge is -2.22. The first-order valence-electron chi connectivity index (χ1n) is 8.40. The van der Waals surface area contributed by atoms with Crippen molar-refractivity contribution in [3.05, 3.63) is 45.9 Å². The molecule has 2 heterocycles. The molecule has 8 heteroatoms. The van der Waals surface area contributed by atoms with Gasteiger partial charge in [0.05, 0.1) is 11.6 Å². The Hall–Kier alpha value is -1.57. The molecule has 3 rings (SSSR count). The molecule has 138 valence electrons. The number of aromatic nitrogens is 1. The third-order valence-corrected chi connectivity index (χ3v) is 6.45. The number of nitrogens with zero attached hydrogens (tertiary/aromatic N) is 2. The number of amides is 2. The number of benzene rings is 1. The van der Waals surface area contributed by atoms with Crippen LogP contribution >= 0.6 is 34.7 Å². The van der Waals surface area contributed by atoms with Gasteiger partial charge in [-0.05, 0) is 36.6 Å². The molecule has 0 spiro atoms. The van der Waals surface area contributed by atoms with Crippen molar-refractivity contribution < 1.29 is 9.59 Å². The van der Waals surface area contributed by atoms with Crippen LogP contribution in [0.15, 0.2) is 29.6 Å². The predicted octanol–water partition coefficient (Wildman–Crippen LogP) is 4.46. The molecule has 1 aromatic heterocycles. The Balaban J connectivity index is 1.69. The molecule has 5 nitrogen and oxygen atoms in total. The number of hydrogen-bond acceptors (Lipinski definition) is 5. The van der Waals surface area contributed by atoms with Crippen LogP contribution in [0.5, 0.6) is 0 Å². The molecule has 2 unspecified atom stereocenters. The largest absolute Gasteiger partial charge is 0.316 e. The van der Waals surface area contributed by atoms with Gasteiger partial charge >= 0.3 is 0 Å². The fourth-order valence-electron chi connectivity index (χ4n) is 2.59. The summed E-state index contributed by atoms with van der Waals surface area (Å²) >= 11 is 8.87. The second kappa shape index (κ2) is 8.41. The first-order chi connectivity index (χ1) is 12.5. The first-order valence-corrected chi connectivity index (χ1v) is 10.8. The minimum Gasteiger partial charge on any atom is -0.316 e. The highest BCUT2D eigenvalue weighted by atomic mass is 35.5. The fraction of sp³-hybridized carbons (Fsp3) is 0.389. The van der Waals surface area contributed by atoms with Crippen molar-refractivity contribution in [2.45, 2.75) is 32.2 Å². The summed E-state index contributed by atoms with van der Waals surface area (Å²) in [6.07, 6.45) is 1.000. The summed E-state index contributed by atoms with van der Waals surface area (Å²) in [6.45, 7) is 4.22. The molecule has 0 aliphatic carbocycles. The topological polar surface area (TPSA) is 62.3 Å². The van der Waals surface area contributed by atoms with E-state index in [-0.39, 0.29) is 11.8 Å². The lowest BCUT2D eigenvalue weighted by atomic mass is 10.1. The van der Waals surface area contributed by atoms with E-state index >= 15 is 0 Å². The Bertz CT molecular complexity index is 794. The van der Waals surface area contributed by atoms with Crippen LogP contribution in [0.25, 0.3) is 0 Å². The highest BCUT2D eigenvalue weighted by Gasteiger charge is 2.35. The average molecular weight is 410 g/mol. The normalized spacial score (nSPS) is 18.0. The van der Waals surface area contributed by atoms with E-state index in [1.165, 1.54) is 11.3 Å². The van der Waals surface area contributed by atoms with Gasteiger partial charge in [-0.15, -0.1) is 23.1 Å². The number of rotatable bonds is 5. The van der Waals surface area contributed by atoms with Crippen LogP contribution < -0.4 is 5.32 Å². The van der Waals surface area contributed by atoms with Crippen molar-refractivity contribution in [1.82, 2.24) is 9.88 Å². The van der Waals surface area contributed by atoms with Gasteiger partial charge in [0.15, 0.2) is 5.13 Å². The summed E-state index contributed by atoms with van der Waals surface area (Å²) in [5, 5.41) is 6.01. The van der Waals surface area contributed by atoms with E-state index in [2.05, 4.69) is 24.1 Å². The van der Waals surface area contributed by atoms with Gasteiger partial charge in [0.2, 0.25) is 5.91 Å². The molecule has 1 saturated heterocycles. The van der Waals surface area contributed by atoms with E-state index in [1.807, 2.05) is 5.38 Å². The van der Waals surface area contributed by atoms with E-state index in [9.17, 15) is 9.59 Å². The van der Waals surface area contributed by atoms with Crippen LogP contribution in [0.1, 0.15) is 42.2 Å². The molecule has 1 aliphatic heterocycles. The van der Waals surface area contributed by atoms with Gasteiger partial charge in [-0.25, -0.2) is 4.98 Å². The maximum atomic E-state index is 12.7. The van der Waals surface area contributed by atoms with Crippen LogP contribution in [0, 0.1) is 0 Å². The molecule has 2 amide bonds. The summed E-state index contributed by atoms with van der Waals surface area (Å²) in [4.78, 5) is 31.5. The summed E-state index contributed by atoms with van der Waals surface area (Å²) in [5.41, 5.74) is 1.52. The van der Waals surface area contributed by atoms with Gasteiger partial charge in [0, 0.05) is 21.7 Å². The van der Waals surface area contributed by atoms with Crippen molar-refractivity contribution in [1.29, 1.82) is 0 Å². The van der Waals surface area contributed by atoms with Gasteiger partial charge in [0.1, 0.15) is 6.04 Å². The molecule has 2 atom stereocenters. The fourth-order valence-corrected chi connectivity index (χ4v) is 4.70. The minimum atomic E-state index is -0.501. The first kappa shape index (κ1) is 19.2. The zero-order chi connectivity index (χ0) is 18.7. The quantitative estimate of drug-likeness (QED) is 0.791. The van der Waals surface area contributed by atoms with Gasteiger partial charge in [-0.3, -0.25) is 9.59 Å². The standard InChI is InChI=1S/C18H20ClN3O2S2/c1-3-11(2)14-8-26-18(20-14)21-16(23)15-9-25-10-22(15)17(24)12-4-6-13(19)7-5-12/h4-8,11,15H,3,9-10H2,1-2H3,(H,20,21,23). The molecule has 1 aromatic carbocycles. The van der Waals surface area contributed by atoms with E-state index in [1.54, 1.807) is 40.9 Å². The number of nitrogens with one attached hydrogen (secondary N) is 1. The lowest BCUT2D eigenvalue weighted by molar-refractivity contribution is -0.119. The number of carbonyl (C=O) groups is 2. The molecule has 26 heavy (non-hydrogen) atoms. The zero-order valence-electron chi connectivity index (χ0n) is 14.6. The number of thioether (sulfide) groups is 1. The highest BCUT2D eigenvalue weighted by molar-refractivity contribution is 7.99. The summed E-state index contributed by atoms with van der Waals surface area (Å²) in [6, 6.07) is 6.22. The van der Waals surface area contributed by atoms with E-state index in [4.69, 9.17) is 11.6 Å². The number of hydrogen-bond donors (Lipinski definition) is 1. The van der Waals surface area contributed by atoms with Gasteiger partial charge in [-0.1, -0.05) is 25.4 Å². The van der Waals surface area contributed by atoms with Crippen LogP contribution in [-0.2, 0) is 4.79 Å². The summed E-state index contributed by atoms with van der Waals surface area (Å²) in [7, 11) is 0. The highest BCUT2D eigenvalue weighted by Crippen LogP contribution is 2.27. The van der Waals surface area contributed by atoms with Crippen molar-refractivity contribution in [2.75, 3.05) is 16.9 Å². The average Bonchev–Trinajstić information content (AvgIpc) is 3.30. The molecular weight excluding hydrogens is 390 g/mol. The number of anilines is 1. The van der Waals surface area contributed by atoms with Crippen molar-refractivity contribution >= 4 is 51.6 Å². The molecule has 0 saturated carbocycles. The Labute approximate surface area is 166 Å². The molecule has 0 radical (unpaired) electrons. The van der Waals surface area contributed by atoms with Crippen LogP contribution in [0.3, 0.4) is 0 Å². The van der Waals surface area contributed by atoms with E-state index in [0.29, 0.717) is 33.3 Å². The number of halogens is 1. The Morgan fingerprint density at radius 1 is 1.38 bits per heavy atom. The van der Waals surface area contributed by atoms with Crippen molar-refractivity contribution in [2.24, 2.45) is 0 Å². The number of thiazole rings is 1. The minimum absolute atomic E-state index is 0.161. The summed E-state index contributed by atoms with van der Waals surface area (Å²) in [5.74, 6) is 1.08. The third kappa shape index (κ3) is 4.22. The Morgan fingerprint density at radius 2 is 2.12 bits per heavy atom. The third-order valence-electron chi connectivity index (χ3n) is 4.41. The van der Waals surface area contributed by atoms with E-state index in [0.717, 1.165) is 12.1 Å². The van der Waals surface area contributed by atoms with Gasteiger partial charge < -0.3 is 10.2 Å². The second-order valence-electron chi connectivity index (χ2n) is 6.17. The maximum absolute atomic E-state index is 12.7. The van der Waals surface area contributed by atoms with Gasteiger partial charge in [-0.2, -0.15) is 0 Å². The SMILES string of the molecule is CCC(C)c1csc(NC(=O)C2CSCN2C(=O)c2ccc(Cl)cc2)n1. The Morgan fingerprint density at radius 3 is 2.81 bits per heavy atom. The lowest BCUT2D eigenvalue weighted by Crippen LogP contribution is -2.44. The molecule has 0 bridgehead atoms. The predicted molar refractivity (Wildman–Crippen MR) is 108 cm³/mol. The smallest absolute Gasteiger partial charge is 0.255 e. The van der Waals surface area contributed by atoms with Gasteiger partial charge in [0.25, 0.3) is 5.91 Å². The molecule has 1 N–H and O–H groups in total. The van der Waals surface area contributed by atoms with Crippen LogP contribution in [0.4, 0.5) is 5.13 Å². The van der Waals surface area contributed by atoms with Crippen molar-refractivity contribution in [3.8, 4) is 0 Å². The van der Waals surface area contributed by atoms with Crippen LogP contribution in [0.2, 0.25) is 5.02 Å². The Kier molecular flexibility index (Phi) is 6.21. The monoisotopic (exact) mass is 409 g/mol. The maximum Gasteiger partial charge on any atom is 0.255 e. The van der Waals surface area contributed by atoms with Crippen molar-refractivity contribution in [3.63, 3.8) is 0 Å². The molecule has 2 aromatic rings. The number of carbonyl (C=O) groups excluding carboxylic acids is 2. The zero-order valence-corrected chi connectivity index (χ0v) is 17.0. The molecular formula is C18H20ClN3O2S2. The van der Waals surface area contributed by atoms with E-state index < -0.39 is 6.04 Å². The second-order valence-corrected chi connectivity index (χ2v) is 8.47. The summed E-state index contributed by atoms with van der Waals surface area (Å²) < 4.78 is 0. The van der Waals surface area contributed by atoms with Crippen LogP contribution in [-0.4, -0.2) is 39.4 Å². The molecule has 1 fully saturated rings.